The second-order valence-corrected chi connectivity index (χ2v) is 16.1. The van der Waals surface area contributed by atoms with Crippen LogP contribution >= 0.6 is 0 Å². The highest BCUT2D eigenvalue weighted by molar-refractivity contribution is 6.16. The van der Waals surface area contributed by atoms with E-state index in [9.17, 15) is 20.2 Å². The molecule has 0 amide bonds. The quantitative estimate of drug-likeness (QED) is 0.139. The minimum absolute atomic E-state index is 0.0207. The van der Waals surface area contributed by atoms with Crippen molar-refractivity contribution in [3.8, 4) is 6.07 Å². The monoisotopic (exact) mass is 587 g/mol. The van der Waals surface area contributed by atoms with Crippen molar-refractivity contribution in [3.63, 3.8) is 0 Å². The molecule has 1 heterocycles. The lowest BCUT2D eigenvalue weighted by Crippen LogP contribution is -2.70. The minimum atomic E-state index is -0.677. The SMILES string of the molecule is C/C(=N\[N+](=O)[O-])NCCO[C@]12CCC3(CC3)C[C@H]1[C@@]13N=C1C=C1[C@@]4(C)C=C(C#N)C(=O)C(C)(C)[C@@H]4CC[C@@]1(C)[C@]3(C)CC2. The second-order valence-electron chi connectivity index (χ2n) is 16.1. The fourth-order valence-corrected chi connectivity index (χ4v) is 11.3. The van der Waals surface area contributed by atoms with E-state index in [1.165, 1.54) is 30.5 Å². The summed E-state index contributed by atoms with van der Waals surface area (Å²) in [5.41, 5.74) is 1.62. The maximum atomic E-state index is 13.3. The first-order valence-corrected chi connectivity index (χ1v) is 16.2. The van der Waals surface area contributed by atoms with Crippen molar-refractivity contribution in [2.45, 2.75) is 110 Å². The van der Waals surface area contributed by atoms with Crippen molar-refractivity contribution in [2.24, 2.45) is 49.0 Å². The van der Waals surface area contributed by atoms with Crippen molar-refractivity contribution < 1.29 is 14.6 Å². The number of carbonyl (C=O) groups excluding carboxylic acids is 1. The molecule has 7 atom stereocenters. The Morgan fingerprint density at radius 3 is 2.51 bits per heavy atom. The van der Waals surface area contributed by atoms with Gasteiger partial charge in [-0.05, 0) is 87.5 Å². The van der Waals surface area contributed by atoms with Gasteiger partial charge in [0, 0.05) is 28.7 Å². The van der Waals surface area contributed by atoms with Gasteiger partial charge in [-0.3, -0.25) is 9.79 Å². The molecule has 9 nitrogen and oxygen atoms in total. The maximum absolute atomic E-state index is 13.3. The predicted molar refractivity (Wildman–Crippen MR) is 163 cm³/mol. The Balaban J connectivity index is 1.26. The van der Waals surface area contributed by atoms with E-state index in [4.69, 9.17) is 9.73 Å². The van der Waals surface area contributed by atoms with Crippen LogP contribution in [-0.2, 0) is 9.53 Å². The second kappa shape index (κ2) is 8.65. The van der Waals surface area contributed by atoms with E-state index >= 15 is 0 Å². The van der Waals surface area contributed by atoms with Gasteiger partial charge in [0.15, 0.2) is 16.7 Å². The number of Topliss-reactive ketones (excluding diaryl/α,β-unsaturated/α-hetero) is 1. The van der Waals surface area contributed by atoms with Crippen molar-refractivity contribution in [1.82, 2.24) is 5.32 Å². The first-order chi connectivity index (χ1) is 20.1. The predicted octanol–water partition coefficient (Wildman–Crippen LogP) is 5.94. The average Bonchev–Trinajstić information content (AvgIpc) is 3.86. The number of ketones is 1. The van der Waals surface area contributed by atoms with Crippen molar-refractivity contribution in [2.75, 3.05) is 13.2 Å². The van der Waals surface area contributed by atoms with Gasteiger partial charge >= 0.3 is 0 Å². The highest BCUT2D eigenvalue weighted by atomic mass is 16.7. The van der Waals surface area contributed by atoms with E-state index in [1.54, 1.807) is 6.92 Å². The average molecular weight is 588 g/mol. The van der Waals surface area contributed by atoms with Gasteiger partial charge in [0.1, 0.15) is 11.6 Å². The number of nitriles is 1. The summed E-state index contributed by atoms with van der Waals surface area (Å²) >= 11 is 0. The lowest BCUT2D eigenvalue weighted by molar-refractivity contribution is -0.485. The van der Waals surface area contributed by atoms with Gasteiger partial charge in [-0.15, -0.1) is 0 Å². The molecule has 2 spiro atoms. The summed E-state index contributed by atoms with van der Waals surface area (Å²) < 4.78 is 6.91. The highest BCUT2D eigenvalue weighted by Gasteiger charge is 2.80. The number of aliphatic imine (C=N–C) groups is 1. The summed E-state index contributed by atoms with van der Waals surface area (Å²) in [5, 5.41) is 26.5. The number of hydrogen-bond acceptors (Lipinski definition) is 6. The lowest BCUT2D eigenvalue weighted by atomic mass is 9.35. The van der Waals surface area contributed by atoms with E-state index in [0.717, 1.165) is 38.5 Å². The number of ether oxygens (including phenoxy) is 1. The number of nitrogens with zero attached hydrogens (tertiary/aromatic N) is 4. The van der Waals surface area contributed by atoms with Crippen LogP contribution in [0, 0.1) is 60.4 Å². The van der Waals surface area contributed by atoms with Crippen LogP contribution in [0.4, 0.5) is 0 Å². The molecule has 0 aromatic carbocycles. The molecule has 0 unspecified atom stereocenters. The summed E-state index contributed by atoms with van der Waals surface area (Å²) in [6.45, 7) is 13.9. The molecule has 230 valence electrons. The molecule has 0 aromatic heterocycles. The number of rotatable bonds is 5. The Morgan fingerprint density at radius 2 is 1.84 bits per heavy atom. The molecule has 4 saturated carbocycles. The fraction of sp³-hybridized carbons (Fsp3) is 0.765. The first-order valence-electron chi connectivity index (χ1n) is 16.2. The lowest BCUT2D eigenvalue weighted by Gasteiger charge is -2.69. The smallest absolute Gasteiger partial charge is 0.192 e. The molecule has 7 aliphatic rings. The summed E-state index contributed by atoms with van der Waals surface area (Å²) in [6.07, 6.45) is 14.3. The van der Waals surface area contributed by atoms with E-state index < -0.39 is 10.4 Å². The zero-order valence-corrected chi connectivity index (χ0v) is 26.5. The van der Waals surface area contributed by atoms with Crippen LogP contribution in [0.1, 0.15) is 99.3 Å². The van der Waals surface area contributed by atoms with Crippen molar-refractivity contribution in [1.29, 1.82) is 5.26 Å². The molecule has 9 heteroatoms. The van der Waals surface area contributed by atoms with Gasteiger partial charge in [0.05, 0.1) is 28.6 Å². The Bertz CT molecular complexity index is 1500. The first kappa shape index (κ1) is 28.9. The Kier molecular flexibility index (Phi) is 5.81. The molecule has 0 aromatic rings. The minimum Gasteiger partial charge on any atom is -0.373 e. The Morgan fingerprint density at radius 1 is 1.14 bits per heavy atom. The number of nitrogens with one attached hydrogen (secondary N) is 1. The summed E-state index contributed by atoms with van der Waals surface area (Å²) in [5.74, 6) is 0.708. The van der Waals surface area contributed by atoms with E-state index in [1.807, 2.05) is 19.9 Å². The molecule has 43 heavy (non-hydrogen) atoms. The van der Waals surface area contributed by atoms with Gasteiger partial charge in [0.2, 0.25) is 0 Å². The standard InChI is InChI=1S/C34H45N5O4/c1-21(38-39(41)42)36-15-16-43-33-13-9-31(6)30(5)8-7-23-28(2,3)27(40)22(20-35)18-29(23,4)24(30)17-26-34(31,37-26)25(33)19-32(10-11-32)12-14-33/h17-18,23,25H,7-16,19H2,1-6H3,(H,36,38)/t23-,25+,29-,30+,31-,33+,34+/m0/s1. The van der Waals surface area contributed by atoms with Crippen molar-refractivity contribution in [3.05, 3.63) is 33.4 Å². The van der Waals surface area contributed by atoms with Gasteiger partial charge < -0.3 is 10.1 Å². The van der Waals surface area contributed by atoms with Crippen LogP contribution in [0.5, 0.6) is 0 Å². The van der Waals surface area contributed by atoms with Gasteiger partial charge in [-0.2, -0.15) is 5.26 Å². The van der Waals surface area contributed by atoms with Crippen LogP contribution in [-0.4, -0.2) is 46.7 Å². The van der Waals surface area contributed by atoms with Crippen LogP contribution in [0.25, 0.3) is 0 Å². The van der Waals surface area contributed by atoms with Gasteiger partial charge in [-0.1, -0.05) is 46.3 Å². The molecule has 0 radical (unpaired) electrons. The maximum Gasteiger partial charge on any atom is 0.192 e. The summed E-state index contributed by atoms with van der Waals surface area (Å²) in [4.78, 5) is 29.6. The number of fused-ring (bicyclic) bond motifs is 5. The molecule has 1 N–H and O–H groups in total. The molecule has 7 rings (SSSR count). The third-order valence-electron chi connectivity index (χ3n) is 14.0. The zero-order valence-electron chi connectivity index (χ0n) is 26.5. The molecule has 6 aliphatic carbocycles. The molecular weight excluding hydrogens is 542 g/mol. The topological polar surface area (TPSA) is 130 Å². The largest absolute Gasteiger partial charge is 0.373 e. The third kappa shape index (κ3) is 3.56. The molecule has 4 fully saturated rings. The van der Waals surface area contributed by atoms with Crippen LogP contribution in [0.2, 0.25) is 0 Å². The molecular formula is C34H45N5O4. The number of carbonyl (C=O) groups is 1. The van der Waals surface area contributed by atoms with E-state index in [-0.39, 0.29) is 44.9 Å². The van der Waals surface area contributed by atoms with Gasteiger partial charge in [-0.25, -0.2) is 10.1 Å². The number of hydrogen-bond donors (Lipinski definition) is 1. The Hall–Kier alpha value is -2.86. The van der Waals surface area contributed by atoms with Crippen LogP contribution in [0.15, 0.2) is 33.4 Å². The molecule has 1 aliphatic heterocycles. The van der Waals surface area contributed by atoms with Crippen LogP contribution < -0.4 is 5.32 Å². The molecule has 0 bridgehead atoms. The number of nitro groups is 1. The van der Waals surface area contributed by atoms with Gasteiger partial charge in [0.25, 0.3) is 0 Å². The highest BCUT2D eigenvalue weighted by Crippen LogP contribution is 2.79. The summed E-state index contributed by atoms with van der Waals surface area (Å²) in [6, 6.07) is 2.25. The van der Waals surface area contributed by atoms with E-state index in [0.29, 0.717) is 30.1 Å². The third-order valence-corrected chi connectivity index (χ3v) is 14.0. The number of hydrazone groups is 1. The normalized spacial score (nSPS) is 44.6. The fourth-order valence-electron chi connectivity index (χ4n) is 11.3. The Labute approximate surface area is 254 Å². The van der Waals surface area contributed by atoms with E-state index in [2.05, 4.69) is 43.3 Å². The number of amidine groups is 1. The zero-order chi connectivity index (χ0) is 30.8. The van der Waals surface area contributed by atoms with Crippen LogP contribution in [0.3, 0.4) is 0 Å². The van der Waals surface area contributed by atoms with Crippen molar-refractivity contribution >= 4 is 17.3 Å². The number of allylic oxidation sites excluding steroid dienone is 3. The molecule has 0 saturated heterocycles. The summed E-state index contributed by atoms with van der Waals surface area (Å²) in [7, 11) is 0.